The highest BCUT2D eigenvalue weighted by molar-refractivity contribution is 7.71. The molecule has 4 heteroatoms. The number of nitrogens with one attached hydrogen (secondary N) is 1. The average molecular weight is 240 g/mol. The maximum atomic E-state index is 5.52. The molecule has 0 aliphatic carbocycles. The van der Waals surface area contributed by atoms with Crippen LogP contribution in [-0.4, -0.2) is 17.1 Å². The van der Waals surface area contributed by atoms with Crippen LogP contribution in [0.3, 0.4) is 0 Å². The third kappa shape index (κ3) is 2.89. The number of H-pyrrole nitrogens is 1. The van der Waals surface area contributed by atoms with Crippen molar-refractivity contribution < 1.29 is 4.74 Å². The highest BCUT2D eigenvalue weighted by Crippen LogP contribution is 2.25. The minimum absolute atomic E-state index is 0.378. The number of aromatic nitrogens is 2. The topological polar surface area (TPSA) is 37.9 Å². The Labute approximate surface area is 102 Å². The molecule has 0 saturated carbocycles. The second-order valence-electron chi connectivity index (χ2n) is 4.13. The number of ether oxygens (including phenoxy) is 1. The van der Waals surface area contributed by atoms with Crippen molar-refractivity contribution in [3.8, 4) is 0 Å². The Morgan fingerprint density at radius 3 is 2.69 bits per heavy atom. The number of aromatic amines is 1. The molecule has 0 aliphatic heterocycles. The third-order valence-electron chi connectivity index (χ3n) is 2.94. The van der Waals surface area contributed by atoms with E-state index >= 15 is 0 Å². The van der Waals surface area contributed by atoms with Gasteiger partial charge >= 0.3 is 0 Å². The smallest absolute Gasteiger partial charge is 0.139 e. The van der Waals surface area contributed by atoms with Crippen LogP contribution in [0.25, 0.3) is 0 Å². The van der Waals surface area contributed by atoms with Crippen LogP contribution in [0.5, 0.6) is 0 Å². The molecule has 90 valence electrons. The maximum absolute atomic E-state index is 5.52. The summed E-state index contributed by atoms with van der Waals surface area (Å²) in [7, 11) is 1.70. The lowest BCUT2D eigenvalue weighted by Crippen LogP contribution is -2.26. The van der Waals surface area contributed by atoms with Crippen LogP contribution >= 0.6 is 12.2 Å². The molecule has 0 bridgehead atoms. The summed E-state index contributed by atoms with van der Waals surface area (Å²) >= 11 is 5.18. The normalized spacial score (nSPS) is 14.8. The van der Waals surface area contributed by atoms with E-state index in [0.717, 1.165) is 30.8 Å². The first kappa shape index (κ1) is 13.3. The first-order valence-corrected chi connectivity index (χ1v) is 6.12. The Balaban J connectivity index is 3.18. The zero-order chi connectivity index (χ0) is 12.2. The zero-order valence-corrected chi connectivity index (χ0v) is 11.3. The van der Waals surface area contributed by atoms with Crippen molar-refractivity contribution in [1.29, 1.82) is 0 Å². The Hall–Kier alpha value is -0.740. The molecule has 1 N–H and O–H groups in total. The van der Waals surface area contributed by atoms with Crippen LogP contribution in [0.4, 0.5) is 0 Å². The summed E-state index contributed by atoms with van der Waals surface area (Å²) in [6.45, 7) is 6.25. The fourth-order valence-corrected chi connectivity index (χ4v) is 1.80. The lowest BCUT2D eigenvalue weighted by molar-refractivity contribution is -0.00924. The highest BCUT2D eigenvalue weighted by atomic mass is 32.1. The van der Waals surface area contributed by atoms with Gasteiger partial charge in [0.2, 0.25) is 0 Å². The summed E-state index contributed by atoms with van der Waals surface area (Å²) in [6, 6.07) is 1.92. The van der Waals surface area contributed by atoms with Crippen molar-refractivity contribution in [1.82, 2.24) is 9.97 Å². The van der Waals surface area contributed by atoms with Gasteiger partial charge in [0.25, 0.3) is 0 Å². The lowest BCUT2D eigenvalue weighted by Gasteiger charge is -2.25. The van der Waals surface area contributed by atoms with Gasteiger partial charge in [-0.2, -0.15) is 0 Å². The summed E-state index contributed by atoms with van der Waals surface area (Å²) in [5, 5.41) is 0. The molecule has 1 aromatic heterocycles. The Bertz CT molecular complexity index is 396. The number of methoxy groups -OCH3 is 1. The van der Waals surface area contributed by atoms with Crippen molar-refractivity contribution in [2.24, 2.45) is 0 Å². The molecular weight excluding hydrogens is 220 g/mol. The van der Waals surface area contributed by atoms with Crippen LogP contribution in [0.1, 0.15) is 45.1 Å². The summed E-state index contributed by atoms with van der Waals surface area (Å²) in [4.78, 5) is 7.69. The zero-order valence-electron chi connectivity index (χ0n) is 10.5. The van der Waals surface area contributed by atoms with Crippen molar-refractivity contribution in [2.75, 3.05) is 7.11 Å². The average Bonchev–Trinajstić information content (AvgIpc) is 2.27. The minimum Gasteiger partial charge on any atom is -0.371 e. The largest absolute Gasteiger partial charge is 0.371 e. The van der Waals surface area contributed by atoms with E-state index < -0.39 is 0 Å². The minimum atomic E-state index is -0.378. The third-order valence-corrected chi connectivity index (χ3v) is 3.15. The number of rotatable bonds is 5. The molecule has 1 rings (SSSR count). The summed E-state index contributed by atoms with van der Waals surface area (Å²) < 4.78 is 6.15. The van der Waals surface area contributed by atoms with E-state index in [9.17, 15) is 0 Å². The van der Waals surface area contributed by atoms with Crippen LogP contribution in [0.15, 0.2) is 6.07 Å². The van der Waals surface area contributed by atoms with Gasteiger partial charge in [-0.05, 0) is 25.8 Å². The van der Waals surface area contributed by atoms with Gasteiger partial charge in [0.1, 0.15) is 16.1 Å². The van der Waals surface area contributed by atoms with E-state index in [1.807, 2.05) is 13.0 Å². The summed E-state index contributed by atoms with van der Waals surface area (Å²) in [6.07, 6.45) is 2.94. The first-order valence-electron chi connectivity index (χ1n) is 5.71. The van der Waals surface area contributed by atoms with Gasteiger partial charge in [0.05, 0.1) is 0 Å². The van der Waals surface area contributed by atoms with Crippen LogP contribution in [-0.2, 0) is 16.8 Å². The fourth-order valence-electron chi connectivity index (χ4n) is 1.57. The lowest BCUT2D eigenvalue weighted by atomic mass is 10.0. The number of aryl methyl sites for hydroxylation is 1. The quantitative estimate of drug-likeness (QED) is 0.802. The van der Waals surface area contributed by atoms with Gasteiger partial charge in [0, 0.05) is 12.8 Å². The molecule has 1 heterocycles. The summed E-state index contributed by atoms with van der Waals surface area (Å²) in [5.74, 6) is 0.827. The fraction of sp³-hybridized carbons (Fsp3) is 0.667. The molecule has 0 aromatic carbocycles. The molecule has 1 unspecified atom stereocenters. The van der Waals surface area contributed by atoms with Gasteiger partial charge in [-0.1, -0.05) is 32.5 Å². The van der Waals surface area contributed by atoms with E-state index in [0.29, 0.717) is 4.64 Å². The Morgan fingerprint density at radius 1 is 1.50 bits per heavy atom. The molecule has 0 spiro atoms. The second kappa shape index (κ2) is 5.55. The number of hydrogen-bond acceptors (Lipinski definition) is 3. The molecule has 0 amide bonds. The van der Waals surface area contributed by atoms with Gasteiger partial charge in [-0.25, -0.2) is 4.98 Å². The predicted octanol–water partition coefficient (Wildman–Crippen LogP) is 3.36. The summed E-state index contributed by atoms with van der Waals surface area (Å²) in [5.41, 5.74) is 0.756. The van der Waals surface area contributed by atoms with Gasteiger partial charge in [-0.3, -0.25) is 0 Å². The Morgan fingerprint density at radius 2 is 2.19 bits per heavy atom. The molecule has 0 radical (unpaired) electrons. The van der Waals surface area contributed by atoms with E-state index in [-0.39, 0.29) is 5.60 Å². The van der Waals surface area contributed by atoms with Crippen LogP contribution in [0.2, 0.25) is 0 Å². The van der Waals surface area contributed by atoms with Gasteiger partial charge in [0.15, 0.2) is 0 Å². The monoisotopic (exact) mass is 240 g/mol. The van der Waals surface area contributed by atoms with Crippen LogP contribution < -0.4 is 0 Å². The van der Waals surface area contributed by atoms with Crippen molar-refractivity contribution >= 4 is 12.2 Å². The van der Waals surface area contributed by atoms with Crippen molar-refractivity contribution in [2.45, 2.75) is 45.6 Å². The second-order valence-corrected chi connectivity index (χ2v) is 4.55. The number of nitrogens with zero attached hydrogens (tertiary/aromatic N) is 1. The molecule has 0 aliphatic rings. The predicted molar refractivity (Wildman–Crippen MR) is 68.1 cm³/mol. The highest BCUT2D eigenvalue weighted by Gasteiger charge is 2.26. The number of hydrogen-bond donors (Lipinski definition) is 1. The standard InChI is InChI=1S/C12H20N2OS/c1-5-7-9-8-10(16)14-11(13-9)12(3,6-2)15-4/h8H,5-7H2,1-4H3,(H,13,14,16). The van der Waals surface area contributed by atoms with E-state index in [1.165, 1.54) is 0 Å². The van der Waals surface area contributed by atoms with E-state index in [1.54, 1.807) is 7.11 Å². The van der Waals surface area contributed by atoms with Crippen molar-refractivity contribution in [3.63, 3.8) is 0 Å². The molecule has 3 nitrogen and oxygen atoms in total. The molecule has 1 atom stereocenters. The Kier molecular flexibility index (Phi) is 4.62. The maximum Gasteiger partial charge on any atom is 0.139 e. The van der Waals surface area contributed by atoms with Crippen LogP contribution in [0, 0.1) is 4.64 Å². The molecule has 16 heavy (non-hydrogen) atoms. The van der Waals surface area contributed by atoms with E-state index in [2.05, 4.69) is 23.8 Å². The van der Waals surface area contributed by atoms with Gasteiger partial charge in [-0.15, -0.1) is 0 Å². The van der Waals surface area contributed by atoms with Crippen molar-refractivity contribution in [3.05, 3.63) is 22.2 Å². The van der Waals surface area contributed by atoms with E-state index in [4.69, 9.17) is 17.0 Å². The SMILES string of the molecule is CCCc1cc(=S)nc(C(C)(CC)OC)[nH]1. The first-order chi connectivity index (χ1) is 7.55. The molecule has 1 aromatic rings. The van der Waals surface area contributed by atoms with Gasteiger partial charge < -0.3 is 9.72 Å². The molecular formula is C12H20N2OS. The molecule has 0 saturated heterocycles. The molecule has 0 fully saturated rings.